The number of alkyl halides is 3. The Labute approximate surface area is 138 Å². The number of benzene rings is 2. The van der Waals surface area contributed by atoms with Crippen molar-refractivity contribution >= 4 is 5.91 Å². The smallest absolute Gasteiger partial charge is 0.387 e. The number of hydrogen-bond acceptors (Lipinski definition) is 2. The second-order valence-electron chi connectivity index (χ2n) is 5.43. The first-order valence-electron chi connectivity index (χ1n) is 7.52. The van der Waals surface area contributed by atoms with E-state index in [1.54, 1.807) is 0 Å². The average Bonchev–Trinajstić information content (AvgIpc) is 2.58. The van der Waals surface area contributed by atoms with Gasteiger partial charge in [0, 0.05) is 13.0 Å². The lowest BCUT2D eigenvalue weighted by Gasteiger charge is -2.13. The van der Waals surface area contributed by atoms with Gasteiger partial charge in [0.15, 0.2) is 0 Å². The Kier molecular flexibility index (Phi) is 5.98. The molecule has 0 unspecified atom stereocenters. The lowest BCUT2D eigenvalue weighted by Crippen LogP contribution is -2.28. The molecule has 0 aromatic heterocycles. The summed E-state index contributed by atoms with van der Waals surface area (Å²) in [5.74, 6) is -0.218. The third kappa shape index (κ3) is 5.38. The normalized spacial score (nSPS) is 12.7. The maximum Gasteiger partial charge on any atom is 0.416 e. The van der Waals surface area contributed by atoms with Crippen LogP contribution >= 0.6 is 0 Å². The first-order valence-corrected chi connectivity index (χ1v) is 7.52. The molecule has 0 aliphatic heterocycles. The van der Waals surface area contributed by atoms with Gasteiger partial charge in [0.25, 0.3) is 0 Å². The molecule has 2 aromatic carbocycles. The topological polar surface area (TPSA) is 49.3 Å². The Morgan fingerprint density at radius 2 is 1.67 bits per heavy atom. The molecule has 0 saturated heterocycles. The molecule has 0 aliphatic rings. The molecule has 0 heterocycles. The van der Waals surface area contributed by atoms with Gasteiger partial charge in [-0.15, -0.1) is 0 Å². The Bertz CT molecular complexity index is 654. The Hall–Kier alpha value is -2.34. The van der Waals surface area contributed by atoms with Gasteiger partial charge >= 0.3 is 6.18 Å². The standard InChI is InChI=1S/C18H18F3NO2/c19-18(20,21)15-9-7-14(8-10-15)16(23)12-22-17(24)11-6-13-4-2-1-3-5-13/h1-5,7-10,16,23H,6,11-12H2,(H,22,24)/t16-/m0/s1. The highest BCUT2D eigenvalue weighted by Gasteiger charge is 2.30. The highest BCUT2D eigenvalue weighted by atomic mass is 19.4. The van der Waals surface area contributed by atoms with Gasteiger partial charge in [-0.25, -0.2) is 0 Å². The molecule has 3 nitrogen and oxygen atoms in total. The van der Waals surface area contributed by atoms with Crippen LogP contribution in [-0.2, 0) is 17.4 Å². The molecule has 2 N–H and O–H groups in total. The largest absolute Gasteiger partial charge is 0.416 e. The van der Waals surface area contributed by atoms with Crippen molar-refractivity contribution < 1.29 is 23.1 Å². The van der Waals surface area contributed by atoms with Crippen molar-refractivity contribution in [3.63, 3.8) is 0 Å². The van der Waals surface area contributed by atoms with Crippen LogP contribution in [0.15, 0.2) is 54.6 Å². The van der Waals surface area contributed by atoms with Crippen molar-refractivity contribution in [3.05, 3.63) is 71.3 Å². The highest BCUT2D eigenvalue weighted by Crippen LogP contribution is 2.29. The number of aliphatic hydroxyl groups excluding tert-OH is 1. The van der Waals surface area contributed by atoms with Crippen LogP contribution in [0.4, 0.5) is 13.2 Å². The molecule has 6 heteroatoms. The van der Waals surface area contributed by atoms with E-state index in [1.165, 1.54) is 12.1 Å². The molecule has 1 amide bonds. The summed E-state index contributed by atoms with van der Waals surface area (Å²) < 4.78 is 37.4. The minimum atomic E-state index is -4.41. The number of hydrogen-bond donors (Lipinski definition) is 2. The quantitative estimate of drug-likeness (QED) is 0.848. The van der Waals surface area contributed by atoms with E-state index in [2.05, 4.69) is 5.32 Å². The van der Waals surface area contributed by atoms with Crippen LogP contribution in [0.2, 0.25) is 0 Å². The van der Waals surface area contributed by atoms with Crippen LogP contribution in [-0.4, -0.2) is 17.6 Å². The van der Waals surface area contributed by atoms with Crippen LogP contribution in [0.1, 0.15) is 29.2 Å². The molecule has 0 saturated carbocycles. The van der Waals surface area contributed by atoms with E-state index in [9.17, 15) is 23.1 Å². The predicted octanol–water partition coefficient (Wildman–Crippen LogP) is 3.49. The molecule has 24 heavy (non-hydrogen) atoms. The Morgan fingerprint density at radius 3 is 2.25 bits per heavy atom. The molecule has 0 bridgehead atoms. The van der Waals surface area contributed by atoms with E-state index >= 15 is 0 Å². The summed E-state index contributed by atoms with van der Waals surface area (Å²) in [6.07, 6.45) is -4.59. The van der Waals surface area contributed by atoms with Crippen molar-refractivity contribution in [2.24, 2.45) is 0 Å². The monoisotopic (exact) mass is 337 g/mol. The third-order valence-electron chi connectivity index (χ3n) is 3.60. The van der Waals surface area contributed by atoms with Gasteiger partial charge in [0.2, 0.25) is 5.91 Å². The second-order valence-corrected chi connectivity index (χ2v) is 5.43. The van der Waals surface area contributed by atoms with Crippen LogP contribution in [0.3, 0.4) is 0 Å². The minimum absolute atomic E-state index is 0.0427. The van der Waals surface area contributed by atoms with E-state index in [-0.39, 0.29) is 18.9 Å². The maximum absolute atomic E-state index is 12.5. The summed E-state index contributed by atoms with van der Waals surface area (Å²) in [7, 11) is 0. The van der Waals surface area contributed by atoms with E-state index in [0.29, 0.717) is 12.0 Å². The summed E-state index contributed by atoms with van der Waals surface area (Å²) in [4.78, 5) is 11.8. The number of amides is 1. The highest BCUT2D eigenvalue weighted by molar-refractivity contribution is 5.76. The fourth-order valence-electron chi connectivity index (χ4n) is 2.21. The van der Waals surface area contributed by atoms with Crippen molar-refractivity contribution in [3.8, 4) is 0 Å². The lowest BCUT2D eigenvalue weighted by molar-refractivity contribution is -0.137. The fraction of sp³-hybridized carbons (Fsp3) is 0.278. The first-order chi connectivity index (χ1) is 11.4. The zero-order chi connectivity index (χ0) is 17.6. The van der Waals surface area contributed by atoms with Gasteiger partial charge in [0.05, 0.1) is 11.7 Å². The van der Waals surface area contributed by atoms with Gasteiger partial charge in [-0.2, -0.15) is 13.2 Å². The van der Waals surface area contributed by atoms with Crippen LogP contribution in [0.5, 0.6) is 0 Å². The first kappa shape index (κ1) is 18.0. The number of aliphatic hydroxyl groups is 1. The van der Waals surface area contributed by atoms with Crippen molar-refractivity contribution in [1.29, 1.82) is 0 Å². The molecular formula is C18H18F3NO2. The van der Waals surface area contributed by atoms with Gasteiger partial charge in [-0.05, 0) is 29.7 Å². The number of carbonyl (C=O) groups excluding carboxylic acids is 1. The maximum atomic E-state index is 12.5. The summed E-state index contributed by atoms with van der Waals surface area (Å²) in [5.41, 5.74) is 0.590. The number of aryl methyl sites for hydroxylation is 1. The number of rotatable bonds is 6. The summed E-state index contributed by atoms with van der Waals surface area (Å²) in [6, 6.07) is 13.8. The van der Waals surface area contributed by atoms with E-state index in [1.807, 2.05) is 30.3 Å². The van der Waals surface area contributed by atoms with Gasteiger partial charge < -0.3 is 10.4 Å². The van der Waals surface area contributed by atoms with E-state index < -0.39 is 17.8 Å². The molecule has 2 aromatic rings. The Balaban J connectivity index is 1.80. The summed E-state index contributed by atoms with van der Waals surface area (Å²) in [6.45, 7) is -0.0427. The molecule has 1 atom stereocenters. The minimum Gasteiger partial charge on any atom is -0.387 e. The van der Waals surface area contributed by atoms with Crippen molar-refractivity contribution in [2.45, 2.75) is 25.1 Å². The third-order valence-corrected chi connectivity index (χ3v) is 3.60. The summed E-state index contributed by atoms with van der Waals surface area (Å²) >= 11 is 0. The van der Waals surface area contributed by atoms with Gasteiger partial charge in [-0.1, -0.05) is 42.5 Å². The molecule has 0 fully saturated rings. The van der Waals surface area contributed by atoms with Crippen molar-refractivity contribution in [1.82, 2.24) is 5.32 Å². The fourth-order valence-corrected chi connectivity index (χ4v) is 2.21. The molecule has 0 aliphatic carbocycles. The predicted molar refractivity (Wildman–Crippen MR) is 84.2 cm³/mol. The zero-order valence-electron chi connectivity index (χ0n) is 12.9. The molecule has 128 valence electrons. The molecular weight excluding hydrogens is 319 g/mol. The van der Waals surface area contributed by atoms with E-state index in [4.69, 9.17) is 0 Å². The number of carbonyl (C=O) groups is 1. The van der Waals surface area contributed by atoms with Crippen LogP contribution in [0, 0.1) is 0 Å². The van der Waals surface area contributed by atoms with Crippen molar-refractivity contribution in [2.75, 3.05) is 6.54 Å². The SMILES string of the molecule is O=C(CCc1ccccc1)NC[C@H](O)c1ccc(C(F)(F)F)cc1. The molecule has 0 spiro atoms. The summed E-state index contributed by atoms with van der Waals surface area (Å²) in [5, 5.41) is 12.5. The van der Waals surface area contributed by atoms with Crippen LogP contribution < -0.4 is 5.32 Å². The number of halogens is 3. The van der Waals surface area contributed by atoms with E-state index in [0.717, 1.165) is 17.7 Å². The van der Waals surface area contributed by atoms with Crippen LogP contribution in [0.25, 0.3) is 0 Å². The second kappa shape index (κ2) is 7.97. The zero-order valence-corrected chi connectivity index (χ0v) is 12.9. The Morgan fingerprint density at radius 1 is 1.04 bits per heavy atom. The van der Waals surface area contributed by atoms with Gasteiger partial charge in [-0.3, -0.25) is 4.79 Å². The molecule has 2 rings (SSSR count). The van der Waals surface area contributed by atoms with Gasteiger partial charge in [0.1, 0.15) is 0 Å². The molecule has 0 radical (unpaired) electrons. The lowest BCUT2D eigenvalue weighted by atomic mass is 10.1. The number of nitrogens with one attached hydrogen (secondary N) is 1. The average molecular weight is 337 g/mol.